The van der Waals surface area contributed by atoms with Gasteiger partial charge in [-0.2, -0.15) is 13.2 Å². The molecule has 1 aromatic heterocycles. The molecule has 2 heterocycles. The number of carboxylic acid groups (broad SMARTS) is 1. The molecule has 3 aromatic rings. The Morgan fingerprint density at radius 3 is 2.26 bits per heavy atom. The van der Waals surface area contributed by atoms with Crippen molar-refractivity contribution in [3.05, 3.63) is 70.4 Å². The molecule has 4 rings (SSSR count). The first kappa shape index (κ1) is 31.2. The highest BCUT2D eigenvalue weighted by atomic mass is 19.4. The van der Waals surface area contributed by atoms with Crippen molar-refractivity contribution in [1.82, 2.24) is 9.47 Å². The third kappa shape index (κ3) is 6.36. The first-order valence-corrected chi connectivity index (χ1v) is 13.2. The molecule has 0 radical (unpaired) electrons. The van der Waals surface area contributed by atoms with Crippen LogP contribution in [0.3, 0.4) is 0 Å². The number of fused-ring (bicyclic) bond motifs is 3. The molecule has 13 heteroatoms. The molecule has 0 bridgehead atoms. The molecule has 2 aromatic carbocycles. The molecule has 1 aliphatic heterocycles. The average molecular weight is 599 g/mol. The van der Waals surface area contributed by atoms with Gasteiger partial charge in [-0.05, 0) is 63.4 Å². The Kier molecular flexibility index (Phi) is 8.57. The Balaban J connectivity index is 1.91. The van der Waals surface area contributed by atoms with E-state index in [4.69, 9.17) is 9.47 Å². The lowest BCUT2D eigenvalue weighted by molar-refractivity contribution is -0.155. The standard InChI is InChI=1S/C29H31F5N2O6/c1-15-11-18-17-7-5-6-8-21(17)36(26(38)39)24(18)25(35(15)14-29(32,33)34)23-19(30)12-16(13-20(23)31)22(9-10-37)41-27(40)42-28(2,3)4/h5-8,12-13,15,22,25,37H,9-11,14H2,1-4H3,(H,38,39)/t15?,22-,25?/m1/s1. The number of para-hydroxylation sites is 1. The lowest BCUT2D eigenvalue weighted by Crippen LogP contribution is -2.48. The minimum absolute atomic E-state index is 0.00628. The summed E-state index contributed by atoms with van der Waals surface area (Å²) in [6, 6.07) is 5.24. The number of halogens is 5. The molecule has 228 valence electrons. The maximum absolute atomic E-state index is 16.0. The predicted octanol–water partition coefficient (Wildman–Crippen LogP) is 6.72. The Hall–Kier alpha value is -3.71. The monoisotopic (exact) mass is 598 g/mol. The first-order chi connectivity index (χ1) is 19.5. The number of nitrogens with zero attached hydrogens (tertiary/aromatic N) is 2. The van der Waals surface area contributed by atoms with E-state index in [1.165, 1.54) is 13.0 Å². The highest BCUT2D eigenvalue weighted by molar-refractivity contribution is 5.94. The minimum atomic E-state index is -4.77. The van der Waals surface area contributed by atoms with Crippen LogP contribution < -0.4 is 0 Å². The van der Waals surface area contributed by atoms with Gasteiger partial charge in [0.15, 0.2) is 0 Å². The lowest BCUT2D eigenvalue weighted by atomic mass is 9.87. The van der Waals surface area contributed by atoms with Crippen molar-refractivity contribution in [2.45, 2.75) is 70.5 Å². The third-order valence-electron chi connectivity index (χ3n) is 7.00. The molecule has 0 spiro atoms. The Bertz CT molecular complexity index is 1470. The number of alkyl halides is 3. The number of aliphatic hydroxyl groups excluding tert-OH is 1. The zero-order chi connectivity index (χ0) is 31.1. The minimum Gasteiger partial charge on any atom is -0.464 e. The molecule has 3 atom stereocenters. The van der Waals surface area contributed by atoms with Crippen LogP contribution in [0.1, 0.15) is 68.6 Å². The number of carbonyl (C=O) groups excluding carboxylic acids is 1. The Labute approximate surface area is 238 Å². The molecular formula is C29H31F5N2O6. The number of aliphatic hydroxyl groups is 1. The van der Waals surface area contributed by atoms with Gasteiger partial charge in [0.2, 0.25) is 0 Å². The van der Waals surface area contributed by atoms with Crippen LogP contribution in [-0.2, 0) is 15.9 Å². The topological polar surface area (TPSA) is 101 Å². The number of hydrogen-bond donors (Lipinski definition) is 2. The van der Waals surface area contributed by atoms with E-state index < -0.39 is 72.6 Å². The van der Waals surface area contributed by atoms with Gasteiger partial charge in [0.1, 0.15) is 23.3 Å². The van der Waals surface area contributed by atoms with Crippen LogP contribution in [0.2, 0.25) is 0 Å². The van der Waals surface area contributed by atoms with E-state index in [-0.39, 0.29) is 29.6 Å². The van der Waals surface area contributed by atoms with Crippen molar-refractivity contribution in [1.29, 1.82) is 0 Å². The van der Waals surface area contributed by atoms with E-state index in [0.29, 0.717) is 10.9 Å². The van der Waals surface area contributed by atoms with E-state index in [0.717, 1.165) is 21.6 Å². The summed E-state index contributed by atoms with van der Waals surface area (Å²) in [5.41, 5.74) is -1.58. The number of aromatic nitrogens is 1. The van der Waals surface area contributed by atoms with Crippen LogP contribution in [0.5, 0.6) is 0 Å². The van der Waals surface area contributed by atoms with Gasteiger partial charge in [0, 0.05) is 30.0 Å². The number of ether oxygens (including phenoxy) is 2. The maximum Gasteiger partial charge on any atom is 0.509 e. The van der Waals surface area contributed by atoms with Crippen molar-refractivity contribution in [3.8, 4) is 0 Å². The molecule has 2 unspecified atom stereocenters. The van der Waals surface area contributed by atoms with Crippen LogP contribution in [0.15, 0.2) is 36.4 Å². The number of hydrogen-bond acceptors (Lipinski definition) is 6. The lowest BCUT2D eigenvalue weighted by Gasteiger charge is -2.42. The molecule has 42 heavy (non-hydrogen) atoms. The number of benzene rings is 2. The SMILES string of the molecule is CC1Cc2c(n(C(=O)O)c3ccccc23)C(c2c(F)cc([C@@H](CCO)OC(=O)OC(C)(C)C)cc2F)N1CC(F)(F)F. The van der Waals surface area contributed by atoms with Crippen molar-refractivity contribution in [3.63, 3.8) is 0 Å². The largest absolute Gasteiger partial charge is 0.509 e. The number of rotatable bonds is 6. The average Bonchev–Trinajstić information content (AvgIpc) is 3.17. The quantitative estimate of drug-likeness (QED) is 0.240. The fraction of sp³-hybridized carbons (Fsp3) is 0.448. The maximum atomic E-state index is 16.0. The molecule has 0 saturated carbocycles. The fourth-order valence-corrected chi connectivity index (χ4v) is 5.47. The van der Waals surface area contributed by atoms with Gasteiger partial charge in [-0.3, -0.25) is 4.90 Å². The zero-order valence-corrected chi connectivity index (χ0v) is 23.3. The van der Waals surface area contributed by atoms with E-state index in [9.17, 15) is 33.0 Å². The fourth-order valence-electron chi connectivity index (χ4n) is 5.47. The molecule has 0 amide bonds. The summed E-state index contributed by atoms with van der Waals surface area (Å²) < 4.78 is 84.4. The Morgan fingerprint density at radius 2 is 1.71 bits per heavy atom. The van der Waals surface area contributed by atoms with Crippen LogP contribution in [0.4, 0.5) is 31.5 Å². The molecule has 0 saturated heterocycles. The van der Waals surface area contributed by atoms with Gasteiger partial charge < -0.3 is 19.7 Å². The summed E-state index contributed by atoms with van der Waals surface area (Å²) in [6.45, 7) is 4.11. The first-order valence-electron chi connectivity index (χ1n) is 13.2. The smallest absolute Gasteiger partial charge is 0.464 e. The van der Waals surface area contributed by atoms with Crippen molar-refractivity contribution in [2.75, 3.05) is 13.2 Å². The second kappa shape index (κ2) is 11.5. The van der Waals surface area contributed by atoms with Gasteiger partial charge >= 0.3 is 18.4 Å². The van der Waals surface area contributed by atoms with E-state index in [2.05, 4.69) is 0 Å². The van der Waals surface area contributed by atoms with Crippen molar-refractivity contribution in [2.24, 2.45) is 0 Å². The van der Waals surface area contributed by atoms with Gasteiger partial charge in [-0.25, -0.2) is 22.9 Å². The van der Waals surface area contributed by atoms with E-state index >= 15 is 8.78 Å². The van der Waals surface area contributed by atoms with E-state index in [1.807, 2.05) is 0 Å². The highest BCUT2D eigenvalue weighted by Gasteiger charge is 2.45. The predicted molar refractivity (Wildman–Crippen MR) is 141 cm³/mol. The van der Waals surface area contributed by atoms with Crippen molar-refractivity contribution < 1.29 is 51.2 Å². The molecular weight excluding hydrogens is 567 g/mol. The number of carbonyl (C=O) groups is 2. The van der Waals surface area contributed by atoms with E-state index in [1.54, 1.807) is 39.0 Å². The molecule has 1 aliphatic rings. The molecule has 8 nitrogen and oxygen atoms in total. The summed E-state index contributed by atoms with van der Waals surface area (Å²) in [4.78, 5) is 25.5. The summed E-state index contributed by atoms with van der Waals surface area (Å²) in [5, 5.41) is 20.0. The van der Waals surface area contributed by atoms with Gasteiger partial charge in [-0.1, -0.05) is 18.2 Å². The van der Waals surface area contributed by atoms with Crippen LogP contribution >= 0.6 is 0 Å². The summed E-state index contributed by atoms with van der Waals surface area (Å²) >= 11 is 0. The van der Waals surface area contributed by atoms with Gasteiger partial charge in [0.05, 0.1) is 23.8 Å². The zero-order valence-electron chi connectivity index (χ0n) is 23.3. The summed E-state index contributed by atoms with van der Waals surface area (Å²) in [5.74, 6) is -2.56. The van der Waals surface area contributed by atoms with Crippen LogP contribution in [0.25, 0.3) is 10.9 Å². The second-order valence-electron chi connectivity index (χ2n) is 11.2. The normalized spacial score (nSPS) is 18.5. The highest BCUT2D eigenvalue weighted by Crippen LogP contribution is 2.45. The molecule has 0 aliphatic carbocycles. The van der Waals surface area contributed by atoms with Crippen LogP contribution in [0, 0.1) is 11.6 Å². The third-order valence-corrected chi connectivity index (χ3v) is 7.00. The summed E-state index contributed by atoms with van der Waals surface area (Å²) in [7, 11) is 0. The van der Waals surface area contributed by atoms with Crippen LogP contribution in [-0.4, -0.2) is 62.9 Å². The second-order valence-corrected chi connectivity index (χ2v) is 11.2. The molecule has 2 N–H and O–H groups in total. The Morgan fingerprint density at radius 1 is 1.10 bits per heavy atom. The van der Waals surface area contributed by atoms with Gasteiger partial charge in [-0.15, -0.1) is 0 Å². The summed E-state index contributed by atoms with van der Waals surface area (Å²) in [6.07, 6.45) is -9.05. The van der Waals surface area contributed by atoms with Gasteiger partial charge in [0.25, 0.3) is 0 Å². The molecule has 0 fully saturated rings. The van der Waals surface area contributed by atoms with Crippen molar-refractivity contribution >= 4 is 23.2 Å².